The van der Waals surface area contributed by atoms with Crippen molar-refractivity contribution < 1.29 is 0 Å². The minimum absolute atomic E-state index is 0. The molecule has 0 aliphatic heterocycles. The van der Waals surface area contributed by atoms with Gasteiger partial charge in [-0.15, -0.1) is 12.6 Å². The molecule has 0 amide bonds. The molecule has 0 nitrogen and oxygen atoms in total. The van der Waals surface area contributed by atoms with Gasteiger partial charge in [0.1, 0.15) is 0 Å². The van der Waals surface area contributed by atoms with Crippen LogP contribution in [0.15, 0.2) is 17.0 Å². The quantitative estimate of drug-likeness (QED) is 0.493. The summed E-state index contributed by atoms with van der Waals surface area (Å²) in [7, 11) is 0. The van der Waals surface area contributed by atoms with Gasteiger partial charge in [0.15, 0.2) is 0 Å². The number of hydrogen-bond acceptors (Lipinski definition) is 1. The predicted octanol–water partition coefficient (Wildman–Crippen LogP) is 5.22. The summed E-state index contributed by atoms with van der Waals surface area (Å²) in [5.41, 5.74) is 4.64. The molecule has 0 saturated heterocycles. The molecule has 20 heavy (non-hydrogen) atoms. The fraction of sp³-hybridized carbons (Fsp3) is 0.667. The minimum atomic E-state index is 0. The van der Waals surface area contributed by atoms with Crippen LogP contribution in [0.3, 0.4) is 0 Å². The van der Waals surface area contributed by atoms with Crippen LogP contribution in [0.5, 0.6) is 0 Å². The van der Waals surface area contributed by atoms with Gasteiger partial charge in [0, 0.05) is 4.90 Å². The molecule has 1 rings (SSSR count). The van der Waals surface area contributed by atoms with Gasteiger partial charge < -0.3 is 0 Å². The Bertz CT molecular complexity index is 468. The molecule has 0 N–H and O–H groups in total. The van der Waals surface area contributed by atoms with Crippen molar-refractivity contribution in [3.05, 3.63) is 28.8 Å². The van der Waals surface area contributed by atoms with Gasteiger partial charge >= 0.3 is 29.6 Å². The van der Waals surface area contributed by atoms with Crippen molar-refractivity contribution in [1.29, 1.82) is 0 Å². The second-order valence-corrected chi connectivity index (χ2v) is 9.15. The summed E-state index contributed by atoms with van der Waals surface area (Å²) < 4.78 is 0. The van der Waals surface area contributed by atoms with Gasteiger partial charge in [0.25, 0.3) is 0 Å². The standard InChI is InChI=1S/C18H30S.Na.H/c1-16(2,3)12-10-14(18(7,8)9)15(19)11-13(12)17(4,5)6;;/h10-11,19H,1-9H3;;. The maximum absolute atomic E-state index is 4.74. The van der Waals surface area contributed by atoms with Gasteiger partial charge in [-0.25, -0.2) is 0 Å². The molecule has 0 radical (unpaired) electrons. The topological polar surface area (TPSA) is 0 Å². The van der Waals surface area contributed by atoms with Gasteiger partial charge in [-0.05, 0) is 39.0 Å². The second-order valence-electron chi connectivity index (χ2n) is 8.66. The number of thiol groups is 1. The van der Waals surface area contributed by atoms with Crippen molar-refractivity contribution in [3.8, 4) is 0 Å². The number of rotatable bonds is 0. The van der Waals surface area contributed by atoms with Crippen LogP contribution in [-0.2, 0) is 16.2 Å². The van der Waals surface area contributed by atoms with Crippen molar-refractivity contribution >= 4 is 42.2 Å². The first-order valence-corrected chi connectivity index (χ1v) is 7.58. The average Bonchev–Trinajstić information content (AvgIpc) is 2.11. The average molecular weight is 303 g/mol. The van der Waals surface area contributed by atoms with Crippen LogP contribution in [0.1, 0.15) is 79.0 Å². The van der Waals surface area contributed by atoms with E-state index >= 15 is 0 Å². The normalized spacial score (nSPS) is 13.1. The zero-order valence-electron chi connectivity index (χ0n) is 14.1. The van der Waals surface area contributed by atoms with Crippen molar-refractivity contribution in [1.82, 2.24) is 0 Å². The second kappa shape index (κ2) is 6.36. The maximum atomic E-state index is 4.74. The van der Waals surface area contributed by atoms with Crippen LogP contribution >= 0.6 is 12.6 Å². The summed E-state index contributed by atoms with van der Waals surface area (Å²) in [5, 5.41) is 0. The van der Waals surface area contributed by atoms with E-state index in [1.54, 1.807) is 0 Å². The third-order valence-electron chi connectivity index (χ3n) is 3.56. The molecular formula is C18H31NaS. The molecule has 0 fully saturated rings. The predicted molar refractivity (Wildman–Crippen MR) is 96.9 cm³/mol. The molecule has 0 aromatic heterocycles. The Morgan fingerprint density at radius 2 is 0.900 bits per heavy atom. The molecule has 0 bridgehead atoms. The molecule has 0 aliphatic rings. The summed E-state index contributed by atoms with van der Waals surface area (Å²) in [5.74, 6) is 0. The van der Waals surface area contributed by atoms with E-state index in [2.05, 4.69) is 74.4 Å². The number of benzene rings is 1. The molecule has 1 aromatic carbocycles. The zero-order valence-corrected chi connectivity index (χ0v) is 15.0. The Balaban J connectivity index is 0.00000361. The van der Waals surface area contributed by atoms with Crippen LogP contribution in [0.25, 0.3) is 0 Å². The monoisotopic (exact) mass is 302 g/mol. The van der Waals surface area contributed by atoms with Crippen molar-refractivity contribution in [2.24, 2.45) is 0 Å². The molecule has 0 heterocycles. The van der Waals surface area contributed by atoms with E-state index in [4.69, 9.17) is 12.6 Å². The van der Waals surface area contributed by atoms with E-state index in [1.807, 2.05) is 0 Å². The van der Waals surface area contributed by atoms with Gasteiger partial charge in [0.05, 0.1) is 0 Å². The molecule has 0 spiro atoms. The Kier molecular flexibility index (Phi) is 6.54. The fourth-order valence-corrected chi connectivity index (χ4v) is 2.96. The summed E-state index contributed by atoms with van der Waals surface area (Å²) in [4.78, 5) is 1.12. The van der Waals surface area contributed by atoms with Crippen molar-refractivity contribution in [2.75, 3.05) is 0 Å². The Morgan fingerprint density at radius 3 is 1.20 bits per heavy atom. The van der Waals surface area contributed by atoms with Crippen LogP contribution in [0.2, 0.25) is 0 Å². The van der Waals surface area contributed by atoms with Crippen molar-refractivity contribution in [3.63, 3.8) is 0 Å². The van der Waals surface area contributed by atoms with Gasteiger partial charge in [-0.1, -0.05) is 68.4 Å². The molecule has 1 aromatic rings. The molecule has 0 atom stereocenters. The van der Waals surface area contributed by atoms with E-state index in [-0.39, 0.29) is 45.8 Å². The van der Waals surface area contributed by atoms with Gasteiger partial charge in [0.2, 0.25) is 0 Å². The van der Waals surface area contributed by atoms with Gasteiger partial charge in [-0.3, -0.25) is 0 Å². The third kappa shape index (κ3) is 4.80. The molecular weight excluding hydrogens is 271 g/mol. The first kappa shape index (κ1) is 20.6. The van der Waals surface area contributed by atoms with Crippen LogP contribution < -0.4 is 0 Å². The Hall–Kier alpha value is 0.570. The van der Waals surface area contributed by atoms with E-state index in [0.29, 0.717) is 0 Å². The fourth-order valence-electron chi connectivity index (χ4n) is 2.43. The SMILES string of the molecule is CC(C)(C)c1cc(C(C)(C)C)c(C(C)(C)C)cc1S.[NaH]. The summed E-state index contributed by atoms with van der Waals surface area (Å²) >= 11 is 4.74. The Labute approximate surface area is 153 Å². The van der Waals surface area contributed by atoms with Gasteiger partial charge in [-0.2, -0.15) is 0 Å². The first-order valence-electron chi connectivity index (χ1n) is 7.13. The Morgan fingerprint density at radius 1 is 0.600 bits per heavy atom. The van der Waals surface area contributed by atoms with E-state index in [9.17, 15) is 0 Å². The van der Waals surface area contributed by atoms with Crippen molar-refractivity contribution in [2.45, 2.75) is 83.5 Å². The van der Waals surface area contributed by atoms with Crippen LogP contribution in [0, 0.1) is 0 Å². The molecule has 2 heteroatoms. The first-order chi connectivity index (χ1) is 8.24. The summed E-state index contributed by atoms with van der Waals surface area (Å²) in [6.45, 7) is 20.5. The molecule has 0 unspecified atom stereocenters. The summed E-state index contributed by atoms with van der Waals surface area (Å²) in [6, 6.07) is 4.66. The van der Waals surface area contributed by atoms with E-state index in [1.165, 1.54) is 16.7 Å². The third-order valence-corrected chi connectivity index (χ3v) is 3.93. The van der Waals surface area contributed by atoms with E-state index in [0.717, 1.165) is 4.90 Å². The van der Waals surface area contributed by atoms with E-state index < -0.39 is 0 Å². The van der Waals surface area contributed by atoms with Crippen LogP contribution in [-0.4, -0.2) is 29.6 Å². The molecule has 0 saturated carbocycles. The molecule has 110 valence electrons. The zero-order chi connectivity index (χ0) is 15.2. The van der Waals surface area contributed by atoms with Crippen LogP contribution in [0.4, 0.5) is 0 Å². The molecule has 0 aliphatic carbocycles. The summed E-state index contributed by atoms with van der Waals surface area (Å²) in [6.07, 6.45) is 0. The number of hydrogen-bond donors (Lipinski definition) is 1.